The van der Waals surface area contributed by atoms with Crippen LogP contribution in [-0.2, 0) is 21.1 Å². The molecule has 2 aromatic rings. The number of imidazole rings is 1. The maximum Gasteiger partial charge on any atom is 0.332 e. The number of rotatable bonds is 4. The lowest BCUT2D eigenvalue weighted by molar-refractivity contribution is 0.705. The molecule has 0 atom stereocenters. The van der Waals surface area contributed by atoms with E-state index >= 15 is 0 Å². The third kappa shape index (κ3) is 2.05. The molecule has 19 heavy (non-hydrogen) atoms. The molecule has 0 aliphatic heterocycles. The molecule has 2 aromatic heterocycles. The van der Waals surface area contributed by atoms with Crippen molar-refractivity contribution in [3.63, 3.8) is 0 Å². The van der Waals surface area contributed by atoms with Crippen molar-refractivity contribution in [1.82, 2.24) is 18.7 Å². The standard InChI is InChI=1S/C12H19N5O2/c1-5-6-7-13-11-14-9-8(15(11)2)10(18)17(4)12(19)16(9)3/h5-7H2,1-4H3,(H,13,14). The SMILES string of the molecule is CCCCNc1nc2c(c(=O)n(C)c(=O)n2C)n1C. The summed E-state index contributed by atoms with van der Waals surface area (Å²) in [5.74, 6) is 0.613. The first-order valence-electron chi connectivity index (χ1n) is 6.35. The van der Waals surface area contributed by atoms with Crippen molar-refractivity contribution < 1.29 is 0 Å². The van der Waals surface area contributed by atoms with Crippen molar-refractivity contribution in [2.24, 2.45) is 21.1 Å². The number of hydrogen-bond donors (Lipinski definition) is 1. The maximum atomic E-state index is 12.1. The van der Waals surface area contributed by atoms with Gasteiger partial charge in [0, 0.05) is 27.7 Å². The van der Waals surface area contributed by atoms with Crippen molar-refractivity contribution in [3.05, 3.63) is 20.8 Å². The number of fused-ring (bicyclic) bond motifs is 1. The van der Waals surface area contributed by atoms with Gasteiger partial charge in [-0.1, -0.05) is 13.3 Å². The van der Waals surface area contributed by atoms with E-state index in [0.29, 0.717) is 17.1 Å². The predicted molar refractivity (Wildman–Crippen MR) is 74.6 cm³/mol. The highest BCUT2D eigenvalue weighted by atomic mass is 16.2. The van der Waals surface area contributed by atoms with Gasteiger partial charge in [-0.2, -0.15) is 4.98 Å². The first kappa shape index (κ1) is 13.4. The Hall–Kier alpha value is -2.05. The van der Waals surface area contributed by atoms with Crippen molar-refractivity contribution >= 4 is 17.1 Å². The fraction of sp³-hybridized carbons (Fsp3) is 0.583. The van der Waals surface area contributed by atoms with Gasteiger partial charge in [-0.05, 0) is 6.42 Å². The van der Waals surface area contributed by atoms with Crippen LogP contribution in [0.5, 0.6) is 0 Å². The van der Waals surface area contributed by atoms with E-state index in [1.807, 2.05) is 0 Å². The zero-order valence-corrected chi connectivity index (χ0v) is 11.7. The number of unbranched alkanes of at least 4 members (excludes halogenated alkanes) is 1. The summed E-state index contributed by atoms with van der Waals surface area (Å²) in [7, 11) is 4.86. The van der Waals surface area contributed by atoms with Gasteiger partial charge in [0.25, 0.3) is 5.56 Å². The van der Waals surface area contributed by atoms with E-state index in [2.05, 4.69) is 17.2 Å². The molecule has 0 saturated heterocycles. The van der Waals surface area contributed by atoms with Crippen LogP contribution in [0.15, 0.2) is 9.59 Å². The Labute approximate surface area is 110 Å². The molecule has 0 aliphatic carbocycles. The van der Waals surface area contributed by atoms with Crippen LogP contribution >= 0.6 is 0 Å². The van der Waals surface area contributed by atoms with E-state index in [1.54, 1.807) is 18.7 Å². The lowest BCUT2D eigenvalue weighted by atomic mass is 10.3. The second kappa shape index (κ2) is 4.91. The number of hydrogen-bond acceptors (Lipinski definition) is 4. The van der Waals surface area contributed by atoms with Gasteiger partial charge < -0.3 is 9.88 Å². The molecule has 0 fully saturated rings. The molecule has 0 bridgehead atoms. The van der Waals surface area contributed by atoms with Crippen LogP contribution in [0, 0.1) is 0 Å². The van der Waals surface area contributed by atoms with E-state index in [4.69, 9.17) is 0 Å². The zero-order chi connectivity index (χ0) is 14.2. The monoisotopic (exact) mass is 265 g/mol. The van der Waals surface area contributed by atoms with Gasteiger partial charge in [0.15, 0.2) is 11.2 Å². The smallest absolute Gasteiger partial charge is 0.332 e. The average molecular weight is 265 g/mol. The topological polar surface area (TPSA) is 73.8 Å². The van der Waals surface area contributed by atoms with E-state index in [-0.39, 0.29) is 11.2 Å². The molecule has 0 aliphatic rings. The summed E-state index contributed by atoms with van der Waals surface area (Å²) in [6, 6.07) is 0. The minimum atomic E-state index is -0.365. The first-order chi connectivity index (χ1) is 8.99. The molecule has 0 amide bonds. The summed E-state index contributed by atoms with van der Waals surface area (Å²) in [5, 5.41) is 3.18. The van der Waals surface area contributed by atoms with Gasteiger partial charge in [-0.15, -0.1) is 0 Å². The maximum absolute atomic E-state index is 12.1. The summed E-state index contributed by atoms with van der Waals surface area (Å²) < 4.78 is 4.19. The average Bonchev–Trinajstić information content (AvgIpc) is 2.72. The predicted octanol–water partition coefficient (Wildman–Crippen LogP) is 0.183. The summed E-state index contributed by atoms with van der Waals surface area (Å²) in [5.41, 5.74) is 0.158. The fourth-order valence-corrected chi connectivity index (χ4v) is 2.05. The van der Waals surface area contributed by atoms with Crippen LogP contribution in [0.25, 0.3) is 11.2 Å². The Morgan fingerprint density at radius 3 is 2.42 bits per heavy atom. The minimum Gasteiger partial charge on any atom is -0.356 e. The van der Waals surface area contributed by atoms with Gasteiger partial charge in [0.05, 0.1) is 0 Å². The number of nitrogens with one attached hydrogen (secondary N) is 1. The van der Waals surface area contributed by atoms with Gasteiger partial charge in [-0.3, -0.25) is 13.9 Å². The molecule has 0 unspecified atom stereocenters. The molecule has 7 nitrogen and oxygen atoms in total. The largest absolute Gasteiger partial charge is 0.356 e. The number of aryl methyl sites for hydroxylation is 2. The molecular weight excluding hydrogens is 246 g/mol. The Bertz CT molecular complexity index is 722. The third-order valence-electron chi connectivity index (χ3n) is 3.29. The Balaban J connectivity index is 2.64. The van der Waals surface area contributed by atoms with Crippen LogP contribution in [-0.4, -0.2) is 25.2 Å². The zero-order valence-electron chi connectivity index (χ0n) is 11.7. The first-order valence-corrected chi connectivity index (χ1v) is 6.35. The van der Waals surface area contributed by atoms with Crippen LogP contribution in [0.3, 0.4) is 0 Å². The lowest BCUT2D eigenvalue weighted by Gasteiger charge is -2.05. The second-order valence-electron chi connectivity index (χ2n) is 4.65. The third-order valence-corrected chi connectivity index (χ3v) is 3.29. The number of aromatic nitrogens is 4. The van der Waals surface area contributed by atoms with Crippen LogP contribution in [0.1, 0.15) is 19.8 Å². The number of anilines is 1. The fourth-order valence-electron chi connectivity index (χ4n) is 2.05. The van der Waals surface area contributed by atoms with Gasteiger partial charge in [0.1, 0.15) is 0 Å². The molecule has 7 heteroatoms. The van der Waals surface area contributed by atoms with Crippen LogP contribution in [0.2, 0.25) is 0 Å². The summed E-state index contributed by atoms with van der Waals surface area (Å²) in [6.45, 7) is 2.90. The number of nitrogens with zero attached hydrogens (tertiary/aromatic N) is 4. The summed E-state index contributed by atoms with van der Waals surface area (Å²) in [4.78, 5) is 28.3. The highest BCUT2D eigenvalue weighted by molar-refractivity contribution is 5.74. The molecular formula is C12H19N5O2. The van der Waals surface area contributed by atoms with Crippen molar-refractivity contribution in [2.45, 2.75) is 19.8 Å². The minimum absolute atomic E-state index is 0.323. The highest BCUT2D eigenvalue weighted by Crippen LogP contribution is 2.12. The molecule has 104 valence electrons. The summed E-state index contributed by atoms with van der Waals surface area (Å²) in [6.07, 6.45) is 2.11. The molecule has 2 heterocycles. The molecule has 0 radical (unpaired) electrons. The normalized spacial score (nSPS) is 11.2. The van der Waals surface area contributed by atoms with E-state index in [9.17, 15) is 9.59 Å². The second-order valence-corrected chi connectivity index (χ2v) is 4.65. The molecule has 1 N–H and O–H groups in total. The van der Waals surface area contributed by atoms with Crippen molar-refractivity contribution in [3.8, 4) is 0 Å². The van der Waals surface area contributed by atoms with Crippen molar-refractivity contribution in [2.75, 3.05) is 11.9 Å². The highest BCUT2D eigenvalue weighted by Gasteiger charge is 2.16. The molecule has 0 saturated carbocycles. The molecule has 0 spiro atoms. The van der Waals surface area contributed by atoms with E-state index < -0.39 is 0 Å². The Kier molecular flexibility index (Phi) is 3.46. The van der Waals surface area contributed by atoms with E-state index in [0.717, 1.165) is 24.0 Å². The van der Waals surface area contributed by atoms with Gasteiger partial charge in [0.2, 0.25) is 5.95 Å². The summed E-state index contributed by atoms with van der Waals surface area (Å²) >= 11 is 0. The Morgan fingerprint density at radius 2 is 1.79 bits per heavy atom. The molecule has 2 rings (SSSR count). The van der Waals surface area contributed by atoms with Gasteiger partial charge in [-0.25, -0.2) is 4.79 Å². The van der Waals surface area contributed by atoms with E-state index in [1.165, 1.54) is 11.6 Å². The Morgan fingerprint density at radius 1 is 1.11 bits per heavy atom. The lowest BCUT2D eigenvalue weighted by Crippen LogP contribution is -2.37. The quantitative estimate of drug-likeness (QED) is 0.800. The molecule has 0 aromatic carbocycles. The van der Waals surface area contributed by atoms with Gasteiger partial charge >= 0.3 is 5.69 Å². The van der Waals surface area contributed by atoms with Crippen LogP contribution < -0.4 is 16.6 Å². The van der Waals surface area contributed by atoms with Crippen molar-refractivity contribution in [1.29, 1.82) is 0 Å². The van der Waals surface area contributed by atoms with Crippen LogP contribution in [0.4, 0.5) is 5.95 Å².